The first kappa shape index (κ1) is 20.5. The van der Waals surface area contributed by atoms with Crippen LogP contribution in [0.2, 0.25) is 0 Å². The zero-order valence-electron chi connectivity index (χ0n) is 16.8. The predicted molar refractivity (Wildman–Crippen MR) is 107 cm³/mol. The molecule has 7 nitrogen and oxygen atoms in total. The Hall–Kier alpha value is -2.28. The van der Waals surface area contributed by atoms with Gasteiger partial charge in [0.05, 0.1) is 26.7 Å². The highest BCUT2D eigenvalue weighted by atomic mass is 16.5. The number of amides is 2. The fourth-order valence-corrected chi connectivity index (χ4v) is 4.03. The highest BCUT2D eigenvalue weighted by molar-refractivity contribution is 5.82. The second kappa shape index (κ2) is 9.78. The lowest BCUT2D eigenvalue weighted by Gasteiger charge is -2.33. The maximum atomic E-state index is 12.9. The van der Waals surface area contributed by atoms with Crippen molar-refractivity contribution in [2.45, 2.75) is 38.1 Å². The van der Waals surface area contributed by atoms with Crippen molar-refractivity contribution in [1.82, 2.24) is 15.5 Å². The molecule has 2 aliphatic rings. The molecule has 0 spiro atoms. The molecule has 3 rings (SSSR count). The molecule has 2 aliphatic heterocycles. The SMILES string of the molecule is COc1ccc(OC)c(CC(=O)N2CCCC(CNC(=O)C3CCCN3)C2)c1. The van der Waals surface area contributed by atoms with E-state index in [9.17, 15) is 9.59 Å². The van der Waals surface area contributed by atoms with Gasteiger partial charge < -0.3 is 25.0 Å². The third-order valence-electron chi connectivity index (χ3n) is 5.64. The van der Waals surface area contributed by atoms with Crippen molar-refractivity contribution in [2.24, 2.45) is 5.92 Å². The van der Waals surface area contributed by atoms with Crippen LogP contribution in [0.1, 0.15) is 31.2 Å². The molecule has 2 saturated heterocycles. The van der Waals surface area contributed by atoms with E-state index < -0.39 is 0 Å². The van der Waals surface area contributed by atoms with Gasteiger partial charge in [-0.05, 0) is 56.3 Å². The number of carbonyl (C=O) groups excluding carboxylic acids is 2. The second-order valence-electron chi connectivity index (χ2n) is 7.60. The summed E-state index contributed by atoms with van der Waals surface area (Å²) in [5, 5.41) is 6.28. The fourth-order valence-electron chi connectivity index (χ4n) is 4.03. The summed E-state index contributed by atoms with van der Waals surface area (Å²) in [5.41, 5.74) is 0.828. The Kier molecular flexibility index (Phi) is 7.14. The van der Waals surface area contributed by atoms with Crippen LogP contribution < -0.4 is 20.1 Å². The van der Waals surface area contributed by atoms with Gasteiger partial charge in [-0.15, -0.1) is 0 Å². The molecule has 0 aromatic heterocycles. The highest BCUT2D eigenvalue weighted by Gasteiger charge is 2.27. The molecule has 2 atom stereocenters. The van der Waals surface area contributed by atoms with Crippen molar-refractivity contribution >= 4 is 11.8 Å². The van der Waals surface area contributed by atoms with Gasteiger partial charge in [-0.1, -0.05) is 0 Å². The first-order valence-corrected chi connectivity index (χ1v) is 10.1. The number of methoxy groups -OCH3 is 2. The van der Waals surface area contributed by atoms with Crippen molar-refractivity contribution in [3.05, 3.63) is 23.8 Å². The van der Waals surface area contributed by atoms with Crippen LogP contribution in [0.15, 0.2) is 18.2 Å². The number of hydrogen-bond acceptors (Lipinski definition) is 5. The van der Waals surface area contributed by atoms with Crippen molar-refractivity contribution < 1.29 is 19.1 Å². The van der Waals surface area contributed by atoms with Crippen molar-refractivity contribution in [2.75, 3.05) is 40.4 Å². The Bertz CT molecular complexity index is 688. The highest BCUT2D eigenvalue weighted by Crippen LogP contribution is 2.26. The van der Waals surface area contributed by atoms with E-state index in [4.69, 9.17) is 9.47 Å². The van der Waals surface area contributed by atoms with Gasteiger partial charge in [-0.3, -0.25) is 9.59 Å². The summed E-state index contributed by atoms with van der Waals surface area (Å²) >= 11 is 0. The van der Waals surface area contributed by atoms with Crippen LogP contribution in [0.4, 0.5) is 0 Å². The second-order valence-corrected chi connectivity index (χ2v) is 7.60. The van der Waals surface area contributed by atoms with Crippen LogP contribution in [-0.2, 0) is 16.0 Å². The summed E-state index contributed by atoms with van der Waals surface area (Å²) in [6.07, 6.45) is 4.24. The summed E-state index contributed by atoms with van der Waals surface area (Å²) in [6.45, 7) is 2.99. The number of nitrogens with one attached hydrogen (secondary N) is 2. The van der Waals surface area contributed by atoms with Gasteiger partial charge in [0.2, 0.25) is 11.8 Å². The first-order chi connectivity index (χ1) is 13.6. The monoisotopic (exact) mass is 389 g/mol. The molecule has 0 aliphatic carbocycles. The van der Waals surface area contributed by atoms with E-state index in [0.29, 0.717) is 30.5 Å². The maximum absolute atomic E-state index is 12.9. The molecule has 1 aromatic rings. The molecule has 154 valence electrons. The lowest BCUT2D eigenvalue weighted by atomic mass is 9.97. The Morgan fingerprint density at radius 2 is 2.07 bits per heavy atom. The van der Waals surface area contributed by atoms with Gasteiger partial charge in [-0.2, -0.15) is 0 Å². The van der Waals surface area contributed by atoms with Crippen LogP contribution in [-0.4, -0.2) is 63.2 Å². The van der Waals surface area contributed by atoms with Gasteiger partial charge in [0.25, 0.3) is 0 Å². The number of benzene rings is 1. The molecule has 2 N–H and O–H groups in total. The van der Waals surface area contributed by atoms with Crippen LogP contribution in [0, 0.1) is 5.92 Å². The lowest BCUT2D eigenvalue weighted by Crippen LogP contribution is -2.47. The average Bonchev–Trinajstić information content (AvgIpc) is 3.27. The zero-order chi connectivity index (χ0) is 19.9. The molecule has 28 heavy (non-hydrogen) atoms. The number of ether oxygens (including phenoxy) is 2. The summed E-state index contributed by atoms with van der Waals surface area (Å²) in [5.74, 6) is 1.87. The number of piperidine rings is 1. The standard InChI is InChI=1S/C21H31N3O4/c1-27-17-7-8-19(28-2)16(11-17)12-20(25)24-10-4-5-15(14-24)13-23-21(26)18-6-3-9-22-18/h7-8,11,15,18,22H,3-6,9-10,12-14H2,1-2H3,(H,23,26). The van der Waals surface area contributed by atoms with Crippen molar-refractivity contribution in [3.63, 3.8) is 0 Å². The summed E-state index contributed by atoms with van der Waals surface area (Å²) in [7, 11) is 3.21. The van der Waals surface area contributed by atoms with E-state index in [0.717, 1.165) is 44.3 Å². The molecular formula is C21H31N3O4. The fraction of sp³-hybridized carbons (Fsp3) is 0.619. The Morgan fingerprint density at radius 1 is 1.21 bits per heavy atom. The van der Waals surface area contributed by atoms with Gasteiger partial charge in [-0.25, -0.2) is 0 Å². The molecule has 1 aromatic carbocycles. The van der Waals surface area contributed by atoms with Crippen molar-refractivity contribution in [1.29, 1.82) is 0 Å². The van der Waals surface area contributed by atoms with Gasteiger partial charge >= 0.3 is 0 Å². The molecule has 0 saturated carbocycles. The van der Waals surface area contributed by atoms with E-state index >= 15 is 0 Å². The van der Waals surface area contributed by atoms with Gasteiger partial charge in [0, 0.05) is 25.2 Å². The zero-order valence-corrected chi connectivity index (χ0v) is 16.8. The Morgan fingerprint density at radius 3 is 2.79 bits per heavy atom. The minimum atomic E-state index is -0.0538. The first-order valence-electron chi connectivity index (χ1n) is 10.1. The quantitative estimate of drug-likeness (QED) is 0.736. The molecule has 7 heteroatoms. The minimum absolute atomic E-state index is 0.0538. The average molecular weight is 389 g/mol. The topological polar surface area (TPSA) is 79.9 Å². The maximum Gasteiger partial charge on any atom is 0.237 e. The Labute approximate surface area is 166 Å². The summed E-state index contributed by atoms with van der Waals surface area (Å²) < 4.78 is 10.7. The number of rotatable bonds is 7. The lowest BCUT2D eigenvalue weighted by molar-refractivity contribution is -0.132. The molecular weight excluding hydrogens is 358 g/mol. The van der Waals surface area contributed by atoms with Crippen LogP contribution in [0.5, 0.6) is 11.5 Å². The normalized spacial score (nSPS) is 22.0. The molecule has 2 heterocycles. The molecule has 2 amide bonds. The summed E-state index contributed by atoms with van der Waals surface area (Å²) in [4.78, 5) is 27.0. The number of likely N-dealkylation sites (tertiary alicyclic amines) is 1. The Balaban J connectivity index is 1.53. The van der Waals surface area contributed by atoms with Crippen molar-refractivity contribution in [3.8, 4) is 11.5 Å². The number of hydrogen-bond donors (Lipinski definition) is 2. The smallest absolute Gasteiger partial charge is 0.237 e. The van der Waals surface area contributed by atoms with E-state index in [1.807, 2.05) is 23.1 Å². The van der Waals surface area contributed by atoms with Crippen LogP contribution in [0.25, 0.3) is 0 Å². The van der Waals surface area contributed by atoms with E-state index in [-0.39, 0.29) is 24.3 Å². The van der Waals surface area contributed by atoms with E-state index in [2.05, 4.69) is 10.6 Å². The molecule has 2 unspecified atom stereocenters. The van der Waals surface area contributed by atoms with Gasteiger partial charge in [0.15, 0.2) is 0 Å². The van der Waals surface area contributed by atoms with Crippen LogP contribution in [0.3, 0.4) is 0 Å². The largest absolute Gasteiger partial charge is 0.497 e. The predicted octanol–water partition coefficient (Wildman–Crippen LogP) is 1.35. The van der Waals surface area contributed by atoms with E-state index in [1.54, 1.807) is 14.2 Å². The van der Waals surface area contributed by atoms with Crippen LogP contribution >= 0.6 is 0 Å². The number of carbonyl (C=O) groups is 2. The molecule has 0 bridgehead atoms. The number of nitrogens with zero attached hydrogens (tertiary/aromatic N) is 1. The molecule has 0 radical (unpaired) electrons. The third kappa shape index (κ3) is 5.16. The van der Waals surface area contributed by atoms with E-state index in [1.165, 1.54) is 0 Å². The molecule has 2 fully saturated rings. The third-order valence-corrected chi connectivity index (χ3v) is 5.64. The van der Waals surface area contributed by atoms with Gasteiger partial charge in [0.1, 0.15) is 11.5 Å². The summed E-state index contributed by atoms with van der Waals surface area (Å²) in [6, 6.07) is 5.45. The minimum Gasteiger partial charge on any atom is -0.497 e.